The van der Waals surface area contributed by atoms with Crippen molar-refractivity contribution in [2.75, 3.05) is 11.4 Å². The van der Waals surface area contributed by atoms with Crippen molar-refractivity contribution < 1.29 is 9.90 Å². The maximum absolute atomic E-state index is 11.4. The van der Waals surface area contributed by atoms with Gasteiger partial charge in [0.1, 0.15) is 5.54 Å². The highest BCUT2D eigenvalue weighted by molar-refractivity contribution is 5.84. The van der Waals surface area contributed by atoms with Crippen LogP contribution in [0.15, 0.2) is 18.5 Å². The van der Waals surface area contributed by atoms with Gasteiger partial charge in [-0.05, 0) is 38.3 Å². The number of hydrogen-bond donors (Lipinski definition) is 1. The molecule has 86 valence electrons. The zero-order valence-electron chi connectivity index (χ0n) is 9.60. The number of aromatic nitrogens is 1. The Bertz CT molecular complexity index is 419. The van der Waals surface area contributed by atoms with Crippen molar-refractivity contribution in [3.63, 3.8) is 0 Å². The monoisotopic (exact) mass is 220 g/mol. The first-order valence-corrected chi connectivity index (χ1v) is 5.47. The molecule has 0 aliphatic carbocycles. The Morgan fingerprint density at radius 1 is 1.62 bits per heavy atom. The van der Waals surface area contributed by atoms with Crippen molar-refractivity contribution in [2.24, 2.45) is 0 Å². The van der Waals surface area contributed by atoms with Crippen molar-refractivity contribution in [3.8, 4) is 0 Å². The number of hydrogen-bond acceptors (Lipinski definition) is 3. The van der Waals surface area contributed by atoms with Crippen molar-refractivity contribution in [1.82, 2.24) is 4.98 Å². The number of carboxylic acids is 1. The maximum atomic E-state index is 11.4. The van der Waals surface area contributed by atoms with Crippen LogP contribution in [-0.4, -0.2) is 28.1 Å². The molecule has 4 nitrogen and oxygen atoms in total. The summed E-state index contributed by atoms with van der Waals surface area (Å²) < 4.78 is 0. The molecule has 16 heavy (non-hydrogen) atoms. The summed E-state index contributed by atoms with van der Waals surface area (Å²) in [4.78, 5) is 17.4. The van der Waals surface area contributed by atoms with Crippen molar-refractivity contribution in [1.29, 1.82) is 0 Å². The molecule has 1 atom stereocenters. The van der Waals surface area contributed by atoms with Crippen LogP contribution in [0.4, 0.5) is 5.69 Å². The quantitative estimate of drug-likeness (QED) is 0.826. The van der Waals surface area contributed by atoms with Crippen LogP contribution in [0.3, 0.4) is 0 Å². The predicted molar refractivity (Wildman–Crippen MR) is 61.6 cm³/mol. The molecular weight excluding hydrogens is 204 g/mol. The Hall–Kier alpha value is -1.58. The van der Waals surface area contributed by atoms with Gasteiger partial charge in [0.2, 0.25) is 0 Å². The number of anilines is 1. The zero-order chi connectivity index (χ0) is 11.8. The van der Waals surface area contributed by atoms with E-state index >= 15 is 0 Å². The SMILES string of the molecule is Cc1cnccc1N1CCCC1(C)C(=O)O. The number of pyridine rings is 1. The lowest BCUT2D eigenvalue weighted by molar-refractivity contribution is -0.142. The van der Waals surface area contributed by atoms with Gasteiger partial charge in [-0.3, -0.25) is 4.98 Å². The predicted octanol–water partition coefficient (Wildman–Crippen LogP) is 1.83. The highest BCUT2D eigenvalue weighted by Gasteiger charge is 2.43. The molecule has 1 aliphatic rings. The van der Waals surface area contributed by atoms with Crippen LogP contribution in [0.25, 0.3) is 0 Å². The van der Waals surface area contributed by atoms with E-state index in [1.807, 2.05) is 17.9 Å². The Kier molecular flexibility index (Phi) is 2.58. The minimum absolute atomic E-state index is 0.699. The number of nitrogens with zero attached hydrogens (tertiary/aromatic N) is 2. The number of aliphatic carboxylic acids is 1. The Morgan fingerprint density at radius 2 is 2.38 bits per heavy atom. The van der Waals surface area contributed by atoms with Gasteiger partial charge in [0.05, 0.1) is 0 Å². The normalized spacial score (nSPS) is 24.8. The maximum Gasteiger partial charge on any atom is 0.329 e. The van der Waals surface area contributed by atoms with E-state index in [2.05, 4.69) is 4.98 Å². The van der Waals surface area contributed by atoms with Crippen LogP contribution in [0.5, 0.6) is 0 Å². The van der Waals surface area contributed by atoms with Gasteiger partial charge in [-0.25, -0.2) is 4.79 Å². The Labute approximate surface area is 94.9 Å². The van der Waals surface area contributed by atoms with Crippen LogP contribution in [0.2, 0.25) is 0 Å². The number of rotatable bonds is 2. The summed E-state index contributed by atoms with van der Waals surface area (Å²) in [5, 5.41) is 9.34. The molecule has 1 N–H and O–H groups in total. The summed E-state index contributed by atoms with van der Waals surface area (Å²) in [6.45, 7) is 4.55. The van der Waals surface area contributed by atoms with E-state index in [1.165, 1.54) is 0 Å². The van der Waals surface area contributed by atoms with E-state index in [0.717, 1.165) is 24.2 Å². The molecular formula is C12H16N2O2. The fourth-order valence-corrected chi connectivity index (χ4v) is 2.34. The van der Waals surface area contributed by atoms with Gasteiger partial charge >= 0.3 is 5.97 Å². The van der Waals surface area contributed by atoms with Crippen LogP contribution in [0, 0.1) is 6.92 Å². The fraction of sp³-hybridized carbons (Fsp3) is 0.500. The first-order chi connectivity index (χ1) is 7.55. The Morgan fingerprint density at radius 3 is 3.00 bits per heavy atom. The molecule has 1 saturated heterocycles. The first-order valence-electron chi connectivity index (χ1n) is 5.47. The standard InChI is InChI=1S/C12H16N2O2/c1-9-8-13-6-4-10(9)14-7-3-5-12(14,2)11(15)16/h4,6,8H,3,5,7H2,1-2H3,(H,15,16). The molecule has 1 aromatic rings. The molecule has 1 unspecified atom stereocenters. The average molecular weight is 220 g/mol. The van der Waals surface area contributed by atoms with Crippen molar-refractivity contribution in [2.45, 2.75) is 32.2 Å². The highest BCUT2D eigenvalue weighted by atomic mass is 16.4. The van der Waals surface area contributed by atoms with Gasteiger partial charge < -0.3 is 10.0 Å². The summed E-state index contributed by atoms with van der Waals surface area (Å²) >= 11 is 0. The van der Waals surface area contributed by atoms with Crippen molar-refractivity contribution in [3.05, 3.63) is 24.0 Å². The van der Waals surface area contributed by atoms with Gasteiger partial charge in [-0.15, -0.1) is 0 Å². The summed E-state index contributed by atoms with van der Waals surface area (Å²) in [6.07, 6.45) is 5.10. The molecule has 4 heteroatoms. The molecule has 1 aliphatic heterocycles. The molecule has 2 heterocycles. The van der Waals surface area contributed by atoms with Crippen LogP contribution in [-0.2, 0) is 4.79 Å². The fourth-order valence-electron chi connectivity index (χ4n) is 2.34. The van der Waals surface area contributed by atoms with Gasteiger partial charge in [-0.2, -0.15) is 0 Å². The highest BCUT2D eigenvalue weighted by Crippen LogP contribution is 2.35. The van der Waals surface area contributed by atoms with Crippen LogP contribution < -0.4 is 4.90 Å². The summed E-state index contributed by atoms with van der Waals surface area (Å²) in [7, 11) is 0. The third-order valence-corrected chi connectivity index (χ3v) is 3.38. The second-order valence-corrected chi connectivity index (χ2v) is 4.50. The van der Waals surface area contributed by atoms with E-state index in [0.29, 0.717) is 6.42 Å². The molecule has 0 radical (unpaired) electrons. The molecule has 0 aromatic carbocycles. The van der Waals surface area contributed by atoms with E-state index in [9.17, 15) is 9.90 Å². The zero-order valence-corrected chi connectivity index (χ0v) is 9.60. The third-order valence-electron chi connectivity index (χ3n) is 3.38. The van der Waals surface area contributed by atoms with Crippen LogP contribution >= 0.6 is 0 Å². The molecule has 0 spiro atoms. The minimum atomic E-state index is -0.772. The first kappa shape index (κ1) is 10.9. The molecule has 0 bridgehead atoms. The minimum Gasteiger partial charge on any atom is -0.480 e. The van der Waals surface area contributed by atoms with Gasteiger partial charge in [0, 0.05) is 24.6 Å². The van der Waals surface area contributed by atoms with E-state index in [4.69, 9.17) is 0 Å². The van der Waals surface area contributed by atoms with Crippen molar-refractivity contribution >= 4 is 11.7 Å². The van der Waals surface area contributed by atoms with Crippen LogP contribution in [0.1, 0.15) is 25.3 Å². The molecule has 0 saturated carbocycles. The molecule has 1 fully saturated rings. The van der Waals surface area contributed by atoms with E-state index in [1.54, 1.807) is 19.3 Å². The lowest BCUT2D eigenvalue weighted by Crippen LogP contribution is -2.48. The van der Waals surface area contributed by atoms with Gasteiger partial charge in [0.25, 0.3) is 0 Å². The summed E-state index contributed by atoms with van der Waals surface area (Å²) in [6, 6.07) is 1.89. The summed E-state index contributed by atoms with van der Waals surface area (Å²) in [5.41, 5.74) is 1.24. The smallest absolute Gasteiger partial charge is 0.329 e. The lowest BCUT2D eigenvalue weighted by Gasteiger charge is -2.34. The number of carbonyl (C=O) groups is 1. The molecule has 0 amide bonds. The van der Waals surface area contributed by atoms with E-state index in [-0.39, 0.29) is 0 Å². The second-order valence-electron chi connectivity index (χ2n) is 4.50. The number of aryl methyl sites for hydroxylation is 1. The van der Waals surface area contributed by atoms with Gasteiger partial charge in [0.15, 0.2) is 0 Å². The second kappa shape index (κ2) is 3.77. The largest absolute Gasteiger partial charge is 0.480 e. The lowest BCUT2D eigenvalue weighted by atomic mass is 9.98. The Balaban J connectivity index is 2.41. The van der Waals surface area contributed by atoms with E-state index < -0.39 is 11.5 Å². The van der Waals surface area contributed by atoms with Gasteiger partial charge in [-0.1, -0.05) is 0 Å². The topological polar surface area (TPSA) is 53.4 Å². The molecule has 1 aromatic heterocycles. The molecule has 2 rings (SSSR count). The summed E-state index contributed by atoms with van der Waals surface area (Å²) in [5.74, 6) is -0.749. The number of carboxylic acid groups (broad SMARTS) is 1. The average Bonchev–Trinajstić information content (AvgIpc) is 2.63. The third kappa shape index (κ3) is 1.54.